The van der Waals surface area contributed by atoms with Gasteiger partial charge in [0.2, 0.25) is 0 Å². The Morgan fingerprint density at radius 2 is 1.93 bits per heavy atom. The van der Waals surface area contributed by atoms with Crippen LogP contribution in [-0.4, -0.2) is 21.9 Å². The van der Waals surface area contributed by atoms with Crippen LogP contribution in [0.25, 0.3) is 6.08 Å². The Bertz CT molecular complexity index is 927. The van der Waals surface area contributed by atoms with E-state index in [1.165, 1.54) is 0 Å². The number of carbonyl (C=O) groups excluding carboxylic acids is 1. The number of hydrogen-bond acceptors (Lipinski definition) is 4. The predicted octanol–water partition coefficient (Wildman–Crippen LogP) is 4.29. The Morgan fingerprint density at radius 3 is 2.63 bits per heavy atom. The average Bonchev–Trinajstić information content (AvgIpc) is 3.10. The lowest BCUT2D eigenvalue weighted by Crippen LogP contribution is -2.03. The van der Waals surface area contributed by atoms with E-state index in [1.807, 2.05) is 49.0 Å². The molecule has 0 spiro atoms. The van der Waals surface area contributed by atoms with E-state index < -0.39 is 0 Å². The molecule has 27 heavy (non-hydrogen) atoms. The Hall–Kier alpha value is -3.34. The highest BCUT2D eigenvalue weighted by atomic mass is 16.5. The topological polar surface area (TPSA) is 53.4 Å². The minimum absolute atomic E-state index is 0.0625. The van der Waals surface area contributed by atoms with E-state index in [9.17, 15) is 4.79 Å². The van der Waals surface area contributed by atoms with Crippen molar-refractivity contribution in [1.29, 1.82) is 0 Å². The number of nitrogens with zero attached hydrogens (tertiary/aromatic N) is 2. The van der Waals surface area contributed by atoms with E-state index in [1.54, 1.807) is 42.6 Å². The van der Waals surface area contributed by atoms with E-state index >= 15 is 0 Å². The number of rotatable bonds is 8. The fourth-order valence-corrected chi connectivity index (χ4v) is 2.54. The van der Waals surface area contributed by atoms with Gasteiger partial charge in [0.15, 0.2) is 5.78 Å². The third-order valence-electron chi connectivity index (χ3n) is 4.02. The zero-order valence-electron chi connectivity index (χ0n) is 15.5. The molecule has 0 amide bonds. The van der Waals surface area contributed by atoms with Crippen LogP contribution in [0.4, 0.5) is 0 Å². The smallest absolute Gasteiger partial charge is 0.185 e. The molecule has 0 aliphatic rings. The number of aryl methyl sites for hydroxylation is 1. The summed E-state index contributed by atoms with van der Waals surface area (Å²) in [5.41, 5.74) is 1.53. The van der Waals surface area contributed by atoms with E-state index in [4.69, 9.17) is 9.47 Å². The number of benzene rings is 2. The molecule has 5 nitrogen and oxygen atoms in total. The summed E-state index contributed by atoms with van der Waals surface area (Å²) >= 11 is 0. The molecular weight excluding hydrogens is 340 g/mol. The van der Waals surface area contributed by atoms with Gasteiger partial charge in [0, 0.05) is 25.0 Å². The van der Waals surface area contributed by atoms with Crippen molar-refractivity contribution in [3.8, 4) is 11.5 Å². The van der Waals surface area contributed by atoms with Crippen molar-refractivity contribution < 1.29 is 14.3 Å². The highest BCUT2D eigenvalue weighted by Crippen LogP contribution is 2.17. The average molecular weight is 362 g/mol. The van der Waals surface area contributed by atoms with Crippen molar-refractivity contribution in [1.82, 2.24) is 9.55 Å². The van der Waals surface area contributed by atoms with E-state index in [-0.39, 0.29) is 5.78 Å². The first-order chi connectivity index (χ1) is 13.2. The Kier molecular flexibility index (Phi) is 6.05. The quantitative estimate of drug-likeness (QED) is 0.443. The molecule has 0 saturated heterocycles. The molecule has 2 aromatic carbocycles. The maximum absolute atomic E-state index is 12.4. The second kappa shape index (κ2) is 8.85. The highest BCUT2D eigenvalue weighted by Gasteiger charge is 2.04. The summed E-state index contributed by atoms with van der Waals surface area (Å²) in [5, 5.41) is 0. The molecule has 1 heterocycles. The molecular formula is C22H22N2O3. The van der Waals surface area contributed by atoms with Gasteiger partial charge >= 0.3 is 0 Å². The van der Waals surface area contributed by atoms with Gasteiger partial charge in [-0.15, -0.1) is 0 Å². The minimum atomic E-state index is -0.0625. The van der Waals surface area contributed by atoms with Gasteiger partial charge in [-0.05, 0) is 55.0 Å². The lowest BCUT2D eigenvalue weighted by molar-refractivity contribution is 0.104. The van der Waals surface area contributed by atoms with Crippen LogP contribution in [0.1, 0.15) is 28.7 Å². The molecule has 0 unspecified atom stereocenters. The predicted molar refractivity (Wildman–Crippen MR) is 105 cm³/mol. The molecule has 0 aliphatic carbocycles. The largest absolute Gasteiger partial charge is 0.494 e. The molecule has 0 atom stereocenters. The highest BCUT2D eigenvalue weighted by molar-refractivity contribution is 6.06. The second-order valence-corrected chi connectivity index (χ2v) is 5.97. The molecule has 3 rings (SSSR count). The van der Waals surface area contributed by atoms with Crippen molar-refractivity contribution in [2.75, 3.05) is 6.61 Å². The molecule has 0 aliphatic heterocycles. The Labute approximate surface area is 158 Å². The van der Waals surface area contributed by atoms with Crippen LogP contribution in [0, 0.1) is 0 Å². The summed E-state index contributed by atoms with van der Waals surface area (Å²) in [6, 6.07) is 14.7. The van der Waals surface area contributed by atoms with Gasteiger partial charge in [0.05, 0.1) is 6.61 Å². The lowest BCUT2D eigenvalue weighted by atomic mass is 10.1. The van der Waals surface area contributed by atoms with Gasteiger partial charge in [-0.3, -0.25) is 4.79 Å². The molecule has 5 heteroatoms. The molecule has 0 bridgehead atoms. The summed E-state index contributed by atoms with van der Waals surface area (Å²) in [7, 11) is 1.92. The van der Waals surface area contributed by atoms with Crippen LogP contribution in [0.2, 0.25) is 0 Å². The summed E-state index contributed by atoms with van der Waals surface area (Å²) in [6.07, 6.45) is 6.96. The van der Waals surface area contributed by atoms with Crippen LogP contribution in [-0.2, 0) is 13.7 Å². The van der Waals surface area contributed by atoms with Gasteiger partial charge in [0.1, 0.15) is 23.9 Å². The summed E-state index contributed by atoms with van der Waals surface area (Å²) in [4.78, 5) is 16.6. The van der Waals surface area contributed by atoms with Crippen LogP contribution in [0.3, 0.4) is 0 Å². The standard InChI is InChI=1S/C22H22N2O3/c1-3-26-20-6-4-5-17(15-20)7-12-21(25)18-8-10-19(11-9-18)27-16-22-23-13-14-24(22)2/h4-15H,3,16H2,1-2H3. The van der Waals surface area contributed by atoms with Crippen molar-refractivity contribution in [2.24, 2.45) is 7.05 Å². The molecule has 1 aromatic heterocycles. The molecule has 0 fully saturated rings. The second-order valence-electron chi connectivity index (χ2n) is 5.97. The number of carbonyl (C=O) groups is 1. The molecule has 138 valence electrons. The van der Waals surface area contributed by atoms with Gasteiger partial charge in [-0.1, -0.05) is 18.2 Å². The van der Waals surface area contributed by atoms with E-state index in [0.29, 0.717) is 24.5 Å². The summed E-state index contributed by atoms with van der Waals surface area (Å²) < 4.78 is 13.1. The van der Waals surface area contributed by atoms with Crippen molar-refractivity contribution >= 4 is 11.9 Å². The monoisotopic (exact) mass is 362 g/mol. The fourth-order valence-electron chi connectivity index (χ4n) is 2.54. The zero-order valence-corrected chi connectivity index (χ0v) is 15.5. The van der Waals surface area contributed by atoms with Crippen LogP contribution in [0.5, 0.6) is 11.5 Å². The van der Waals surface area contributed by atoms with Crippen molar-refractivity contribution in [2.45, 2.75) is 13.5 Å². The van der Waals surface area contributed by atoms with Gasteiger partial charge in [-0.2, -0.15) is 0 Å². The number of ketones is 1. The third kappa shape index (κ3) is 5.07. The maximum atomic E-state index is 12.4. The number of hydrogen-bond donors (Lipinski definition) is 0. The fraction of sp³-hybridized carbons (Fsp3) is 0.182. The van der Waals surface area contributed by atoms with Gasteiger partial charge in [0.25, 0.3) is 0 Å². The summed E-state index contributed by atoms with van der Waals surface area (Å²) in [5.74, 6) is 2.27. The van der Waals surface area contributed by atoms with Crippen molar-refractivity contribution in [3.63, 3.8) is 0 Å². The summed E-state index contributed by atoms with van der Waals surface area (Å²) in [6.45, 7) is 2.93. The van der Waals surface area contributed by atoms with E-state index in [2.05, 4.69) is 4.98 Å². The Morgan fingerprint density at radius 1 is 1.11 bits per heavy atom. The zero-order chi connectivity index (χ0) is 19.1. The molecule has 0 N–H and O–H groups in total. The van der Waals surface area contributed by atoms with Crippen LogP contribution in [0.15, 0.2) is 67.0 Å². The Balaban J connectivity index is 1.60. The minimum Gasteiger partial charge on any atom is -0.494 e. The first kappa shape index (κ1) is 18.5. The van der Waals surface area contributed by atoms with Crippen LogP contribution < -0.4 is 9.47 Å². The molecule has 0 radical (unpaired) electrons. The van der Waals surface area contributed by atoms with Crippen molar-refractivity contribution in [3.05, 3.63) is 84.0 Å². The number of ether oxygens (including phenoxy) is 2. The number of imidazole rings is 1. The molecule has 0 saturated carbocycles. The van der Waals surface area contributed by atoms with Gasteiger partial charge in [-0.25, -0.2) is 4.98 Å². The first-order valence-corrected chi connectivity index (χ1v) is 8.80. The normalized spacial score (nSPS) is 10.9. The first-order valence-electron chi connectivity index (χ1n) is 8.80. The maximum Gasteiger partial charge on any atom is 0.185 e. The third-order valence-corrected chi connectivity index (χ3v) is 4.02. The lowest BCUT2D eigenvalue weighted by Gasteiger charge is -2.06. The van der Waals surface area contributed by atoms with Crippen LogP contribution >= 0.6 is 0 Å². The molecule has 3 aromatic rings. The van der Waals surface area contributed by atoms with E-state index in [0.717, 1.165) is 17.1 Å². The number of allylic oxidation sites excluding steroid dienone is 1. The SMILES string of the molecule is CCOc1cccc(C=CC(=O)c2ccc(OCc3nccn3C)cc2)c1. The number of aromatic nitrogens is 2. The van der Waals surface area contributed by atoms with Gasteiger partial charge < -0.3 is 14.0 Å².